The maximum Gasteiger partial charge on any atom is 0.0118 e. The molecule has 0 heterocycles. The van der Waals surface area contributed by atoms with Crippen molar-refractivity contribution >= 4 is 0 Å². The third kappa shape index (κ3) is 2.48. The minimum atomic E-state index is 0.259. The van der Waals surface area contributed by atoms with Crippen molar-refractivity contribution in [3.05, 3.63) is 0 Å². The standard InChI is InChI=1S/C11H25N/c1-7-9(4)10(12)11(5,6)8(2)3/h8-10H,7,12H2,1-6H3. The smallest absolute Gasteiger partial charge is 0.0118 e. The molecule has 1 nitrogen and oxygen atoms in total. The van der Waals surface area contributed by atoms with Gasteiger partial charge in [-0.1, -0.05) is 48.0 Å². The van der Waals surface area contributed by atoms with Crippen molar-refractivity contribution < 1.29 is 0 Å². The van der Waals surface area contributed by atoms with E-state index in [4.69, 9.17) is 5.73 Å². The Morgan fingerprint density at radius 2 is 1.58 bits per heavy atom. The molecule has 0 aromatic heterocycles. The maximum atomic E-state index is 6.21. The molecule has 0 radical (unpaired) electrons. The molecule has 0 aromatic rings. The van der Waals surface area contributed by atoms with Crippen LogP contribution in [0.15, 0.2) is 0 Å². The van der Waals surface area contributed by atoms with E-state index in [9.17, 15) is 0 Å². The predicted molar refractivity (Wildman–Crippen MR) is 56.0 cm³/mol. The van der Waals surface area contributed by atoms with Crippen LogP contribution in [0.4, 0.5) is 0 Å². The first-order valence-corrected chi connectivity index (χ1v) is 5.09. The number of nitrogens with two attached hydrogens (primary N) is 1. The highest BCUT2D eigenvalue weighted by Gasteiger charge is 2.32. The molecule has 0 amide bonds. The van der Waals surface area contributed by atoms with Crippen molar-refractivity contribution in [1.82, 2.24) is 0 Å². The van der Waals surface area contributed by atoms with Gasteiger partial charge in [0, 0.05) is 6.04 Å². The Morgan fingerprint density at radius 1 is 1.17 bits per heavy atom. The Morgan fingerprint density at radius 3 is 1.83 bits per heavy atom. The summed E-state index contributed by atoms with van der Waals surface area (Å²) in [6, 6.07) is 0.322. The van der Waals surface area contributed by atoms with E-state index in [-0.39, 0.29) is 5.41 Å². The first kappa shape index (κ1) is 12.0. The average Bonchev–Trinajstić information content (AvgIpc) is 2.01. The Bertz CT molecular complexity index is 127. The molecule has 0 spiro atoms. The molecule has 2 unspecified atom stereocenters. The molecule has 0 saturated heterocycles. The number of hydrogen-bond acceptors (Lipinski definition) is 1. The lowest BCUT2D eigenvalue weighted by molar-refractivity contribution is 0.151. The molecule has 0 aliphatic heterocycles. The van der Waals surface area contributed by atoms with Crippen molar-refractivity contribution in [2.45, 2.75) is 54.0 Å². The van der Waals surface area contributed by atoms with E-state index < -0.39 is 0 Å². The van der Waals surface area contributed by atoms with Crippen LogP contribution in [0.2, 0.25) is 0 Å². The molecule has 0 saturated carbocycles. The lowest BCUT2D eigenvalue weighted by Crippen LogP contribution is -2.45. The maximum absolute atomic E-state index is 6.21. The summed E-state index contributed by atoms with van der Waals surface area (Å²) in [6.45, 7) is 13.5. The molecular formula is C11H25N. The van der Waals surface area contributed by atoms with Gasteiger partial charge in [-0.2, -0.15) is 0 Å². The third-order valence-corrected chi connectivity index (χ3v) is 3.60. The van der Waals surface area contributed by atoms with Gasteiger partial charge in [-0.25, -0.2) is 0 Å². The zero-order chi connectivity index (χ0) is 9.94. The molecule has 1 heteroatoms. The van der Waals surface area contributed by atoms with E-state index in [1.165, 1.54) is 6.42 Å². The summed E-state index contributed by atoms with van der Waals surface area (Å²) in [4.78, 5) is 0. The third-order valence-electron chi connectivity index (χ3n) is 3.60. The number of hydrogen-bond donors (Lipinski definition) is 1. The highest BCUT2D eigenvalue weighted by atomic mass is 14.7. The fraction of sp³-hybridized carbons (Fsp3) is 1.00. The van der Waals surface area contributed by atoms with Crippen LogP contribution in [0, 0.1) is 17.3 Å². The second-order valence-corrected chi connectivity index (χ2v) is 4.89. The van der Waals surface area contributed by atoms with Crippen LogP contribution in [0.3, 0.4) is 0 Å². The highest BCUT2D eigenvalue weighted by Crippen LogP contribution is 2.33. The highest BCUT2D eigenvalue weighted by molar-refractivity contribution is 4.86. The molecule has 0 bridgehead atoms. The molecule has 12 heavy (non-hydrogen) atoms. The molecular weight excluding hydrogens is 146 g/mol. The van der Waals surface area contributed by atoms with Crippen molar-refractivity contribution in [3.63, 3.8) is 0 Å². The van der Waals surface area contributed by atoms with E-state index >= 15 is 0 Å². The Labute approximate surface area is 77.7 Å². The lowest BCUT2D eigenvalue weighted by atomic mass is 9.70. The van der Waals surface area contributed by atoms with Crippen LogP contribution >= 0.6 is 0 Å². The Balaban J connectivity index is 4.34. The summed E-state index contributed by atoms with van der Waals surface area (Å²) in [5.41, 5.74) is 6.47. The van der Waals surface area contributed by atoms with Crippen LogP contribution in [0.25, 0.3) is 0 Å². The summed E-state index contributed by atoms with van der Waals surface area (Å²) in [5.74, 6) is 1.28. The lowest BCUT2D eigenvalue weighted by Gasteiger charge is -2.38. The molecule has 0 aliphatic carbocycles. The molecule has 74 valence electrons. The molecule has 0 fully saturated rings. The van der Waals surface area contributed by atoms with Crippen molar-refractivity contribution in [2.24, 2.45) is 23.0 Å². The fourth-order valence-electron chi connectivity index (χ4n) is 1.37. The van der Waals surface area contributed by atoms with Gasteiger partial charge in [-0.3, -0.25) is 0 Å². The van der Waals surface area contributed by atoms with Gasteiger partial charge in [0.05, 0.1) is 0 Å². The first-order valence-electron chi connectivity index (χ1n) is 5.09. The van der Waals surface area contributed by atoms with Gasteiger partial charge in [-0.05, 0) is 17.3 Å². The molecule has 0 rings (SSSR count). The van der Waals surface area contributed by atoms with Gasteiger partial charge >= 0.3 is 0 Å². The second kappa shape index (κ2) is 4.27. The van der Waals surface area contributed by atoms with Crippen LogP contribution in [0.1, 0.15) is 48.0 Å². The van der Waals surface area contributed by atoms with Crippen molar-refractivity contribution in [3.8, 4) is 0 Å². The van der Waals surface area contributed by atoms with Gasteiger partial charge in [-0.15, -0.1) is 0 Å². The number of rotatable bonds is 4. The van der Waals surface area contributed by atoms with E-state index in [0.717, 1.165) is 0 Å². The first-order chi connectivity index (χ1) is 5.34. The zero-order valence-corrected chi connectivity index (χ0v) is 9.52. The summed E-state index contributed by atoms with van der Waals surface area (Å²) >= 11 is 0. The summed E-state index contributed by atoms with van der Waals surface area (Å²) < 4.78 is 0. The van der Waals surface area contributed by atoms with E-state index in [1.807, 2.05) is 0 Å². The van der Waals surface area contributed by atoms with Crippen LogP contribution in [-0.2, 0) is 0 Å². The van der Waals surface area contributed by atoms with Gasteiger partial charge in [0.2, 0.25) is 0 Å². The predicted octanol–water partition coefficient (Wildman–Crippen LogP) is 3.04. The Hall–Kier alpha value is -0.0400. The largest absolute Gasteiger partial charge is 0.327 e. The average molecular weight is 171 g/mol. The topological polar surface area (TPSA) is 26.0 Å². The van der Waals surface area contributed by atoms with Crippen LogP contribution in [-0.4, -0.2) is 6.04 Å². The SMILES string of the molecule is CCC(C)C(N)C(C)(C)C(C)C. The van der Waals surface area contributed by atoms with Crippen LogP contribution in [0.5, 0.6) is 0 Å². The van der Waals surface area contributed by atoms with E-state index in [0.29, 0.717) is 17.9 Å². The molecule has 2 atom stereocenters. The van der Waals surface area contributed by atoms with Gasteiger partial charge < -0.3 is 5.73 Å². The normalized spacial score (nSPS) is 18.0. The van der Waals surface area contributed by atoms with Crippen molar-refractivity contribution in [2.75, 3.05) is 0 Å². The van der Waals surface area contributed by atoms with Gasteiger partial charge in [0.15, 0.2) is 0 Å². The summed E-state index contributed by atoms with van der Waals surface area (Å²) in [6.07, 6.45) is 1.18. The molecule has 0 aromatic carbocycles. The van der Waals surface area contributed by atoms with Gasteiger partial charge in [0.25, 0.3) is 0 Å². The molecule has 2 N–H and O–H groups in total. The van der Waals surface area contributed by atoms with Gasteiger partial charge in [0.1, 0.15) is 0 Å². The Kier molecular flexibility index (Phi) is 4.25. The van der Waals surface area contributed by atoms with E-state index in [2.05, 4.69) is 41.5 Å². The minimum absolute atomic E-state index is 0.259. The fourth-order valence-corrected chi connectivity index (χ4v) is 1.37. The quantitative estimate of drug-likeness (QED) is 0.691. The second-order valence-electron chi connectivity index (χ2n) is 4.89. The van der Waals surface area contributed by atoms with E-state index in [1.54, 1.807) is 0 Å². The monoisotopic (exact) mass is 171 g/mol. The minimum Gasteiger partial charge on any atom is -0.327 e. The summed E-state index contributed by atoms with van der Waals surface area (Å²) in [7, 11) is 0. The molecule has 0 aliphatic rings. The zero-order valence-electron chi connectivity index (χ0n) is 9.52. The van der Waals surface area contributed by atoms with Crippen molar-refractivity contribution in [1.29, 1.82) is 0 Å². The summed E-state index contributed by atoms with van der Waals surface area (Å²) in [5, 5.41) is 0. The van der Waals surface area contributed by atoms with Crippen LogP contribution < -0.4 is 5.73 Å².